The van der Waals surface area contributed by atoms with Gasteiger partial charge in [0.1, 0.15) is 0 Å². The highest BCUT2D eigenvalue weighted by atomic mass is 35.5. The SMILES string of the molecule is COc1cc(C(=O)Nc2nc(-c3cc(C)ccc3C)cs2)cc(Cl)c1OC. The number of benzene rings is 2. The van der Waals surface area contributed by atoms with Gasteiger partial charge in [-0.25, -0.2) is 4.98 Å². The summed E-state index contributed by atoms with van der Waals surface area (Å²) in [5.74, 6) is 0.465. The molecule has 0 saturated heterocycles. The van der Waals surface area contributed by atoms with E-state index < -0.39 is 0 Å². The summed E-state index contributed by atoms with van der Waals surface area (Å²) < 4.78 is 10.4. The molecule has 0 unspecified atom stereocenters. The first-order valence-electron chi connectivity index (χ1n) is 8.19. The lowest BCUT2D eigenvalue weighted by Gasteiger charge is -2.11. The molecule has 0 radical (unpaired) electrons. The van der Waals surface area contributed by atoms with Crippen LogP contribution in [0.1, 0.15) is 21.5 Å². The smallest absolute Gasteiger partial charge is 0.257 e. The predicted octanol–water partition coefficient (Wildman–Crippen LogP) is 5.35. The number of rotatable bonds is 5. The molecule has 5 nitrogen and oxygen atoms in total. The highest BCUT2D eigenvalue weighted by Crippen LogP contribution is 2.36. The van der Waals surface area contributed by atoms with E-state index >= 15 is 0 Å². The van der Waals surface area contributed by atoms with Crippen LogP contribution in [0.25, 0.3) is 11.3 Å². The van der Waals surface area contributed by atoms with Crippen LogP contribution in [0, 0.1) is 13.8 Å². The molecule has 0 aliphatic heterocycles. The highest BCUT2D eigenvalue weighted by molar-refractivity contribution is 7.14. The summed E-state index contributed by atoms with van der Waals surface area (Å²) in [6.07, 6.45) is 0. The van der Waals surface area contributed by atoms with Crippen LogP contribution in [-0.2, 0) is 0 Å². The Hall–Kier alpha value is -2.57. The number of methoxy groups -OCH3 is 2. The van der Waals surface area contributed by atoms with Crippen LogP contribution in [0.4, 0.5) is 5.13 Å². The van der Waals surface area contributed by atoms with Gasteiger partial charge in [-0.1, -0.05) is 29.3 Å². The van der Waals surface area contributed by atoms with E-state index in [1.807, 2.05) is 19.2 Å². The first kappa shape index (κ1) is 19.2. The fourth-order valence-electron chi connectivity index (χ4n) is 2.68. The number of aromatic nitrogens is 1. The number of hydrogen-bond acceptors (Lipinski definition) is 5. The van der Waals surface area contributed by atoms with E-state index in [4.69, 9.17) is 21.1 Å². The lowest BCUT2D eigenvalue weighted by atomic mass is 10.0. The number of aryl methyl sites for hydroxylation is 2. The molecule has 3 aromatic rings. The molecule has 1 heterocycles. The normalized spacial score (nSPS) is 10.6. The second-order valence-electron chi connectivity index (χ2n) is 6.00. The zero-order valence-electron chi connectivity index (χ0n) is 15.4. The second-order valence-corrected chi connectivity index (χ2v) is 7.27. The van der Waals surface area contributed by atoms with Crippen molar-refractivity contribution in [3.8, 4) is 22.8 Å². The third kappa shape index (κ3) is 4.07. The van der Waals surface area contributed by atoms with Crippen LogP contribution in [0.15, 0.2) is 35.7 Å². The van der Waals surface area contributed by atoms with Crippen molar-refractivity contribution in [2.45, 2.75) is 13.8 Å². The molecule has 0 atom stereocenters. The summed E-state index contributed by atoms with van der Waals surface area (Å²) in [7, 11) is 2.99. The lowest BCUT2D eigenvalue weighted by molar-refractivity contribution is 0.102. The minimum absolute atomic E-state index is 0.303. The third-order valence-electron chi connectivity index (χ3n) is 4.09. The number of nitrogens with zero attached hydrogens (tertiary/aromatic N) is 1. The topological polar surface area (TPSA) is 60.5 Å². The van der Waals surface area contributed by atoms with E-state index in [0.29, 0.717) is 27.2 Å². The molecule has 0 saturated carbocycles. The summed E-state index contributed by atoms with van der Waals surface area (Å²) in [6.45, 7) is 4.08. The molecule has 1 N–H and O–H groups in total. The molecule has 0 aliphatic carbocycles. The number of halogens is 1. The van der Waals surface area contributed by atoms with E-state index in [1.165, 1.54) is 31.6 Å². The largest absolute Gasteiger partial charge is 0.493 e. The molecule has 0 fully saturated rings. The number of hydrogen-bond donors (Lipinski definition) is 1. The standard InChI is InChI=1S/C20H19ClN2O3S/c1-11-5-6-12(2)14(7-11)16-10-27-20(22-16)23-19(24)13-8-15(21)18(26-4)17(9-13)25-3/h5-10H,1-4H3,(H,22,23,24). The molecule has 7 heteroatoms. The van der Waals surface area contributed by atoms with Crippen molar-refractivity contribution in [1.29, 1.82) is 0 Å². The van der Waals surface area contributed by atoms with Crippen molar-refractivity contribution in [3.63, 3.8) is 0 Å². The van der Waals surface area contributed by atoms with Gasteiger partial charge >= 0.3 is 0 Å². The fourth-order valence-corrected chi connectivity index (χ4v) is 3.68. The highest BCUT2D eigenvalue weighted by Gasteiger charge is 2.17. The molecular weight excluding hydrogens is 384 g/mol. The molecule has 0 spiro atoms. The van der Waals surface area contributed by atoms with E-state index in [-0.39, 0.29) is 5.91 Å². The van der Waals surface area contributed by atoms with Crippen molar-refractivity contribution in [1.82, 2.24) is 4.98 Å². The Labute approximate surface area is 166 Å². The van der Waals surface area contributed by atoms with E-state index in [0.717, 1.165) is 22.4 Å². The first-order chi connectivity index (χ1) is 12.9. The van der Waals surface area contributed by atoms with Gasteiger partial charge in [-0.15, -0.1) is 11.3 Å². The Morgan fingerprint density at radius 3 is 2.63 bits per heavy atom. The number of nitrogens with one attached hydrogen (secondary N) is 1. The lowest BCUT2D eigenvalue weighted by Crippen LogP contribution is -2.12. The summed E-state index contributed by atoms with van der Waals surface area (Å²) >= 11 is 7.55. The van der Waals surface area contributed by atoms with Crippen molar-refractivity contribution in [2.24, 2.45) is 0 Å². The number of thiazole rings is 1. The maximum Gasteiger partial charge on any atom is 0.257 e. The molecule has 1 amide bonds. The van der Waals surface area contributed by atoms with E-state index in [2.05, 4.69) is 28.5 Å². The van der Waals surface area contributed by atoms with Gasteiger partial charge in [0.05, 0.1) is 24.9 Å². The fraction of sp³-hybridized carbons (Fsp3) is 0.200. The minimum Gasteiger partial charge on any atom is -0.493 e. The average Bonchev–Trinajstić information content (AvgIpc) is 3.11. The van der Waals surface area contributed by atoms with Crippen LogP contribution in [0.5, 0.6) is 11.5 Å². The molecule has 1 aromatic heterocycles. The molecule has 0 aliphatic rings. The molecule has 140 valence electrons. The van der Waals surface area contributed by atoms with Crippen molar-refractivity contribution in [3.05, 3.63) is 57.4 Å². The van der Waals surface area contributed by atoms with Crippen molar-refractivity contribution >= 4 is 34.0 Å². The van der Waals surface area contributed by atoms with Crippen LogP contribution < -0.4 is 14.8 Å². The molecule has 2 aromatic carbocycles. The van der Waals surface area contributed by atoms with Crippen LogP contribution in [-0.4, -0.2) is 25.1 Å². The Balaban J connectivity index is 1.84. The van der Waals surface area contributed by atoms with Gasteiger partial charge in [0.2, 0.25) is 0 Å². The Morgan fingerprint density at radius 2 is 1.93 bits per heavy atom. The Bertz CT molecular complexity index is 1000. The van der Waals surface area contributed by atoms with Crippen molar-refractivity contribution in [2.75, 3.05) is 19.5 Å². The van der Waals surface area contributed by atoms with Gasteiger partial charge in [0, 0.05) is 16.5 Å². The minimum atomic E-state index is -0.320. The summed E-state index contributed by atoms with van der Waals surface area (Å²) in [5, 5.41) is 5.56. The van der Waals surface area contributed by atoms with Gasteiger partial charge < -0.3 is 9.47 Å². The Morgan fingerprint density at radius 1 is 1.15 bits per heavy atom. The van der Waals surface area contributed by atoms with Gasteiger partial charge in [-0.3, -0.25) is 10.1 Å². The van der Waals surface area contributed by atoms with E-state index in [9.17, 15) is 4.79 Å². The zero-order chi connectivity index (χ0) is 19.6. The predicted molar refractivity (Wildman–Crippen MR) is 110 cm³/mol. The third-order valence-corrected chi connectivity index (χ3v) is 5.13. The summed E-state index contributed by atoms with van der Waals surface area (Å²) in [4.78, 5) is 17.1. The first-order valence-corrected chi connectivity index (χ1v) is 9.44. The van der Waals surface area contributed by atoms with Gasteiger partial charge in [-0.05, 0) is 37.6 Å². The second kappa shape index (κ2) is 7.98. The van der Waals surface area contributed by atoms with Gasteiger partial charge in [-0.2, -0.15) is 0 Å². The number of carbonyl (C=O) groups is 1. The molecular formula is C20H19ClN2O3S. The maximum atomic E-state index is 12.6. The van der Waals surface area contributed by atoms with Crippen molar-refractivity contribution < 1.29 is 14.3 Å². The number of amides is 1. The van der Waals surface area contributed by atoms with Gasteiger partial charge in [0.25, 0.3) is 5.91 Å². The maximum absolute atomic E-state index is 12.6. The monoisotopic (exact) mass is 402 g/mol. The summed E-state index contributed by atoms with van der Waals surface area (Å²) in [6, 6.07) is 9.34. The van der Waals surface area contributed by atoms with E-state index in [1.54, 1.807) is 6.07 Å². The zero-order valence-corrected chi connectivity index (χ0v) is 17.0. The van der Waals surface area contributed by atoms with Gasteiger partial charge in [0.15, 0.2) is 16.6 Å². The van der Waals surface area contributed by atoms with Crippen LogP contribution in [0.2, 0.25) is 5.02 Å². The summed E-state index contributed by atoms with van der Waals surface area (Å²) in [5.41, 5.74) is 4.55. The quantitative estimate of drug-likeness (QED) is 0.624. The molecule has 0 bridgehead atoms. The number of carbonyl (C=O) groups excluding carboxylic acids is 1. The van der Waals surface area contributed by atoms with Crippen LogP contribution >= 0.6 is 22.9 Å². The molecule has 27 heavy (non-hydrogen) atoms. The molecule has 3 rings (SSSR count). The number of anilines is 1. The number of ether oxygens (including phenoxy) is 2. The van der Waals surface area contributed by atoms with Crippen LogP contribution in [0.3, 0.4) is 0 Å². The average molecular weight is 403 g/mol. The Kier molecular flexibility index (Phi) is 5.68.